The maximum atomic E-state index is 13.4. The average Bonchev–Trinajstić information content (AvgIpc) is 2.41. The van der Waals surface area contributed by atoms with Gasteiger partial charge in [0.05, 0.1) is 10.0 Å². The first-order valence-electron chi connectivity index (χ1n) is 6.14. The van der Waals surface area contributed by atoms with Crippen LogP contribution in [0.5, 0.6) is 0 Å². The van der Waals surface area contributed by atoms with E-state index in [4.69, 9.17) is 5.73 Å². The molecule has 2 N–H and O–H groups in total. The van der Waals surface area contributed by atoms with E-state index in [0.717, 1.165) is 12.1 Å². The Morgan fingerprint density at radius 3 is 2.43 bits per heavy atom. The summed E-state index contributed by atoms with van der Waals surface area (Å²) >= 11 is 3.04. The molecule has 21 heavy (non-hydrogen) atoms. The van der Waals surface area contributed by atoms with Crippen LogP contribution in [0.4, 0.5) is 17.6 Å². The van der Waals surface area contributed by atoms with Crippen molar-refractivity contribution in [1.29, 1.82) is 0 Å². The Morgan fingerprint density at radius 2 is 1.81 bits per heavy atom. The fourth-order valence-corrected chi connectivity index (χ4v) is 2.24. The summed E-state index contributed by atoms with van der Waals surface area (Å²) in [6, 6.07) is 8.86. The molecule has 0 amide bonds. The van der Waals surface area contributed by atoms with Gasteiger partial charge >= 0.3 is 6.18 Å². The SMILES string of the molecule is NC(Cc1cccc(C(F)(F)F)c1)c1ccc(Br)c(F)c1. The van der Waals surface area contributed by atoms with Crippen LogP contribution in [0, 0.1) is 5.82 Å². The number of benzene rings is 2. The highest BCUT2D eigenvalue weighted by Crippen LogP contribution is 2.30. The Hall–Kier alpha value is -1.40. The van der Waals surface area contributed by atoms with Gasteiger partial charge in [-0.2, -0.15) is 13.2 Å². The molecule has 0 radical (unpaired) electrons. The Morgan fingerprint density at radius 1 is 1.10 bits per heavy atom. The van der Waals surface area contributed by atoms with E-state index >= 15 is 0 Å². The van der Waals surface area contributed by atoms with Crippen molar-refractivity contribution in [1.82, 2.24) is 0 Å². The van der Waals surface area contributed by atoms with Crippen molar-refractivity contribution in [3.8, 4) is 0 Å². The molecule has 1 nitrogen and oxygen atoms in total. The van der Waals surface area contributed by atoms with Crippen molar-refractivity contribution in [3.05, 3.63) is 69.4 Å². The zero-order valence-electron chi connectivity index (χ0n) is 10.8. The summed E-state index contributed by atoms with van der Waals surface area (Å²) in [6.45, 7) is 0. The van der Waals surface area contributed by atoms with E-state index in [1.54, 1.807) is 12.1 Å². The molecule has 0 aliphatic rings. The first-order chi connectivity index (χ1) is 9.77. The predicted octanol–water partition coefficient (Wildman–Crippen LogP) is 4.85. The van der Waals surface area contributed by atoms with Crippen molar-refractivity contribution in [2.75, 3.05) is 0 Å². The number of hydrogen-bond donors (Lipinski definition) is 1. The maximum Gasteiger partial charge on any atom is 0.416 e. The summed E-state index contributed by atoms with van der Waals surface area (Å²) in [5, 5.41) is 0. The fourth-order valence-electron chi connectivity index (χ4n) is 1.99. The molecule has 0 saturated heterocycles. The highest BCUT2D eigenvalue weighted by atomic mass is 79.9. The molecule has 0 heterocycles. The van der Waals surface area contributed by atoms with Gasteiger partial charge in [-0.05, 0) is 51.7 Å². The lowest BCUT2D eigenvalue weighted by atomic mass is 9.98. The molecule has 6 heteroatoms. The standard InChI is InChI=1S/C15H12BrF4N/c16-12-5-4-10(8-13(12)17)14(21)7-9-2-1-3-11(6-9)15(18,19)20/h1-6,8,14H,7,21H2. The number of rotatable bonds is 3. The van der Waals surface area contributed by atoms with Crippen LogP contribution >= 0.6 is 15.9 Å². The summed E-state index contributed by atoms with van der Waals surface area (Å²) in [7, 11) is 0. The minimum absolute atomic E-state index is 0.199. The van der Waals surface area contributed by atoms with Crippen molar-refractivity contribution in [3.63, 3.8) is 0 Å². The van der Waals surface area contributed by atoms with Crippen LogP contribution in [-0.2, 0) is 12.6 Å². The van der Waals surface area contributed by atoms with Gasteiger partial charge in [0.25, 0.3) is 0 Å². The largest absolute Gasteiger partial charge is 0.416 e. The Balaban J connectivity index is 2.19. The molecule has 2 rings (SSSR count). The van der Waals surface area contributed by atoms with Gasteiger partial charge in [-0.15, -0.1) is 0 Å². The summed E-state index contributed by atoms with van der Waals surface area (Å²) in [5.41, 5.74) is 6.22. The molecule has 0 aromatic heterocycles. The summed E-state index contributed by atoms with van der Waals surface area (Å²) < 4.78 is 51.7. The molecule has 0 aliphatic heterocycles. The molecular formula is C15H12BrF4N. The van der Waals surface area contributed by atoms with Crippen molar-refractivity contribution < 1.29 is 17.6 Å². The van der Waals surface area contributed by atoms with E-state index < -0.39 is 23.6 Å². The molecule has 1 unspecified atom stereocenters. The van der Waals surface area contributed by atoms with Gasteiger partial charge in [0, 0.05) is 6.04 Å². The van der Waals surface area contributed by atoms with Crippen molar-refractivity contribution in [2.45, 2.75) is 18.6 Å². The Kier molecular flexibility index (Phi) is 4.68. The smallest absolute Gasteiger partial charge is 0.324 e. The highest BCUT2D eigenvalue weighted by Gasteiger charge is 2.30. The second-order valence-corrected chi connectivity index (χ2v) is 5.54. The normalized spacial score (nSPS) is 13.2. The predicted molar refractivity (Wildman–Crippen MR) is 76.2 cm³/mol. The molecular weight excluding hydrogens is 350 g/mol. The van der Waals surface area contributed by atoms with Gasteiger partial charge < -0.3 is 5.73 Å². The van der Waals surface area contributed by atoms with Gasteiger partial charge in [-0.3, -0.25) is 0 Å². The third-order valence-corrected chi connectivity index (χ3v) is 3.72. The van der Waals surface area contributed by atoms with Crippen LogP contribution in [0.25, 0.3) is 0 Å². The number of hydrogen-bond acceptors (Lipinski definition) is 1. The third kappa shape index (κ3) is 4.04. The van der Waals surface area contributed by atoms with Crippen LogP contribution in [0.3, 0.4) is 0 Å². The average molecular weight is 362 g/mol. The molecule has 0 aliphatic carbocycles. The molecule has 2 aromatic rings. The first kappa shape index (κ1) is 16.0. The number of nitrogens with two attached hydrogens (primary N) is 1. The zero-order chi connectivity index (χ0) is 15.6. The Labute approximate surface area is 127 Å². The zero-order valence-corrected chi connectivity index (χ0v) is 12.4. The summed E-state index contributed by atoms with van der Waals surface area (Å²) in [6.07, 6.45) is -4.19. The summed E-state index contributed by atoms with van der Waals surface area (Å²) in [4.78, 5) is 0. The van der Waals surface area contributed by atoms with Crippen LogP contribution in [-0.4, -0.2) is 0 Å². The molecule has 0 bridgehead atoms. The number of halogens is 5. The Bertz CT molecular complexity index is 640. The van der Waals surface area contributed by atoms with E-state index in [0.29, 0.717) is 15.6 Å². The molecule has 0 fully saturated rings. The molecule has 0 saturated carbocycles. The monoisotopic (exact) mass is 361 g/mol. The van der Waals surface area contributed by atoms with Crippen molar-refractivity contribution >= 4 is 15.9 Å². The van der Waals surface area contributed by atoms with Gasteiger partial charge in [0.2, 0.25) is 0 Å². The second kappa shape index (κ2) is 6.15. The topological polar surface area (TPSA) is 26.0 Å². The van der Waals surface area contributed by atoms with Gasteiger partial charge in [-0.1, -0.05) is 24.3 Å². The maximum absolute atomic E-state index is 13.4. The lowest BCUT2D eigenvalue weighted by Gasteiger charge is -2.14. The molecule has 2 aromatic carbocycles. The van der Waals surface area contributed by atoms with Crippen LogP contribution in [0.2, 0.25) is 0 Å². The first-order valence-corrected chi connectivity index (χ1v) is 6.93. The third-order valence-electron chi connectivity index (χ3n) is 3.08. The van der Waals surface area contributed by atoms with E-state index in [2.05, 4.69) is 15.9 Å². The van der Waals surface area contributed by atoms with E-state index in [1.165, 1.54) is 18.2 Å². The molecule has 112 valence electrons. The van der Waals surface area contributed by atoms with Gasteiger partial charge in [-0.25, -0.2) is 4.39 Å². The van der Waals surface area contributed by atoms with Crippen LogP contribution < -0.4 is 5.73 Å². The molecule has 1 atom stereocenters. The second-order valence-electron chi connectivity index (χ2n) is 4.68. The fraction of sp³-hybridized carbons (Fsp3) is 0.200. The summed E-state index contributed by atoms with van der Waals surface area (Å²) in [5.74, 6) is -0.452. The minimum Gasteiger partial charge on any atom is -0.324 e. The highest BCUT2D eigenvalue weighted by molar-refractivity contribution is 9.10. The molecule has 0 spiro atoms. The van der Waals surface area contributed by atoms with E-state index in [1.807, 2.05) is 0 Å². The van der Waals surface area contributed by atoms with Crippen molar-refractivity contribution in [2.24, 2.45) is 5.73 Å². The van der Waals surface area contributed by atoms with Gasteiger partial charge in [0.15, 0.2) is 0 Å². The van der Waals surface area contributed by atoms with Crippen LogP contribution in [0.1, 0.15) is 22.7 Å². The lowest BCUT2D eigenvalue weighted by molar-refractivity contribution is -0.137. The van der Waals surface area contributed by atoms with E-state index in [9.17, 15) is 17.6 Å². The van der Waals surface area contributed by atoms with Gasteiger partial charge in [0.1, 0.15) is 5.82 Å². The van der Waals surface area contributed by atoms with Crippen LogP contribution in [0.15, 0.2) is 46.9 Å². The van der Waals surface area contributed by atoms with E-state index in [-0.39, 0.29) is 6.42 Å². The quantitative estimate of drug-likeness (QED) is 0.777. The number of alkyl halides is 3. The lowest BCUT2D eigenvalue weighted by Crippen LogP contribution is -2.14. The minimum atomic E-state index is -4.39.